The van der Waals surface area contributed by atoms with Gasteiger partial charge in [0.25, 0.3) is 0 Å². The Bertz CT molecular complexity index is 995. The Morgan fingerprint density at radius 1 is 1.14 bits per heavy atom. The molecule has 1 amide bonds. The highest BCUT2D eigenvalue weighted by Crippen LogP contribution is 2.36. The number of hydrogen-bond donors (Lipinski definition) is 1. The minimum absolute atomic E-state index is 0.168. The van der Waals surface area contributed by atoms with Crippen LogP contribution in [0.2, 0.25) is 5.02 Å². The average molecular weight is 433 g/mol. The highest BCUT2D eigenvalue weighted by Gasteiger charge is 2.15. The van der Waals surface area contributed by atoms with Gasteiger partial charge < -0.3 is 19.4 Å². The van der Waals surface area contributed by atoms with Crippen molar-refractivity contribution in [1.29, 1.82) is 0 Å². The van der Waals surface area contributed by atoms with E-state index >= 15 is 0 Å². The molecule has 9 heteroatoms. The Hall–Kier alpha value is -2.71. The molecule has 3 rings (SSSR count). The van der Waals surface area contributed by atoms with Crippen molar-refractivity contribution in [3.05, 3.63) is 58.9 Å². The Morgan fingerprint density at radius 3 is 2.55 bits per heavy atom. The highest BCUT2D eigenvalue weighted by molar-refractivity contribution is 7.99. The van der Waals surface area contributed by atoms with Gasteiger partial charge >= 0.3 is 0 Å². The van der Waals surface area contributed by atoms with E-state index < -0.39 is 0 Å². The molecule has 1 heterocycles. The third kappa shape index (κ3) is 5.21. The molecule has 152 valence electrons. The van der Waals surface area contributed by atoms with Crippen LogP contribution >= 0.6 is 23.4 Å². The lowest BCUT2D eigenvalue weighted by atomic mass is 10.2. The van der Waals surface area contributed by atoms with E-state index in [1.54, 1.807) is 12.1 Å². The van der Waals surface area contributed by atoms with Crippen molar-refractivity contribution >= 4 is 35.0 Å². The third-order valence-electron chi connectivity index (χ3n) is 4.17. The molecule has 0 bridgehead atoms. The number of hydrogen-bond acceptors (Lipinski definition) is 6. The smallest absolute Gasteiger partial charge is 0.234 e. The van der Waals surface area contributed by atoms with Gasteiger partial charge in [-0.05, 0) is 12.5 Å². The molecule has 0 aliphatic heterocycles. The van der Waals surface area contributed by atoms with Gasteiger partial charge in [-0.2, -0.15) is 0 Å². The first kappa shape index (κ1) is 21.0. The fourth-order valence-corrected chi connectivity index (χ4v) is 3.71. The summed E-state index contributed by atoms with van der Waals surface area (Å²) in [5.74, 6) is 1.66. The maximum atomic E-state index is 12.5. The van der Waals surface area contributed by atoms with E-state index in [4.69, 9.17) is 21.1 Å². The van der Waals surface area contributed by atoms with Gasteiger partial charge in [0.1, 0.15) is 17.3 Å². The van der Waals surface area contributed by atoms with Crippen LogP contribution in [0.4, 0.5) is 5.69 Å². The first-order valence-corrected chi connectivity index (χ1v) is 10.2. The van der Waals surface area contributed by atoms with Crippen molar-refractivity contribution in [2.45, 2.75) is 18.6 Å². The summed E-state index contributed by atoms with van der Waals surface area (Å²) in [7, 11) is 3.02. The summed E-state index contributed by atoms with van der Waals surface area (Å²) in [6.07, 6.45) is 0. The lowest BCUT2D eigenvalue weighted by Gasteiger charge is -2.13. The summed E-state index contributed by atoms with van der Waals surface area (Å²) in [6.45, 7) is 2.54. The number of nitrogens with zero attached hydrogens (tertiary/aromatic N) is 3. The van der Waals surface area contributed by atoms with Crippen molar-refractivity contribution in [3.63, 3.8) is 0 Å². The lowest BCUT2D eigenvalue weighted by molar-refractivity contribution is -0.113. The molecule has 1 aromatic heterocycles. The number of aromatic nitrogens is 3. The number of anilines is 1. The number of halogens is 1. The van der Waals surface area contributed by atoms with Gasteiger partial charge in [-0.25, -0.2) is 0 Å². The molecule has 0 atom stereocenters. The van der Waals surface area contributed by atoms with Gasteiger partial charge in [-0.15, -0.1) is 10.2 Å². The molecule has 0 unspecified atom stereocenters. The maximum absolute atomic E-state index is 12.5. The predicted molar refractivity (Wildman–Crippen MR) is 114 cm³/mol. The number of nitrogens with one attached hydrogen (secondary N) is 1. The standard InChI is InChI=1S/C20H21ClN4O3S/c1-13-23-24-20(25(13)11-14-7-5-4-6-8-14)29-12-19(26)22-16-10-17(27-2)15(21)9-18(16)28-3/h4-10H,11-12H2,1-3H3,(H,22,26). The summed E-state index contributed by atoms with van der Waals surface area (Å²) in [4.78, 5) is 12.5. The van der Waals surface area contributed by atoms with Crippen LogP contribution in [-0.2, 0) is 11.3 Å². The molecule has 3 aromatic rings. The molecular formula is C20H21ClN4O3S. The summed E-state index contributed by atoms with van der Waals surface area (Å²) < 4.78 is 12.5. The molecular weight excluding hydrogens is 412 g/mol. The number of thioether (sulfide) groups is 1. The van der Waals surface area contributed by atoms with Crippen molar-refractivity contribution in [2.75, 3.05) is 25.3 Å². The highest BCUT2D eigenvalue weighted by atomic mass is 35.5. The number of methoxy groups -OCH3 is 2. The van der Waals surface area contributed by atoms with E-state index in [0.717, 1.165) is 11.4 Å². The minimum atomic E-state index is -0.204. The van der Waals surface area contributed by atoms with Gasteiger partial charge in [0, 0.05) is 12.1 Å². The van der Waals surface area contributed by atoms with Gasteiger partial charge in [0.15, 0.2) is 5.16 Å². The van der Waals surface area contributed by atoms with Crippen LogP contribution in [0, 0.1) is 6.92 Å². The Balaban J connectivity index is 1.68. The molecule has 2 aromatic carbocycles. The van der Waals surface area contributed by atoms with E-state index in [0.29, 0.717) is 33.9 Å². The van der Waals surface area contributed by atoms with Gasteiger partial charge in [-0.1, -0.05) is 53.7 Å². The second kappa shape index (κ2) is 9.67. The third-order valence-corrected chi connectivity index (χ3v) is 5.43. The topological polar surface area (TPSA) is 78.3 Å². The van der Waals surface area contributed by atoms with Gasteiger partial charge in [0.05, 0.1) is 37.2 Å². The normalized spacial score (nSPS) is 10.6. The summed E-state index contributed by atoms with van der Waals surface area (Å²) in [6, 6.07) is 13.3. The predicted octanol–water partition coefficient (Wildman–Crippen LogP) is 4.04. The van der Waals surface area contributed by atoms with E-state index in [2.05, 4.69) is 15.5 Å². The number of amides is 1. The fraction of sp³-hybridized carbons (Fsp3) is 0.250. The number of ether oxygens (including phenoxy) is 2. The maximum Gasteiger partial charge on any atom is 0.234 e. The minimum Gasteiger partial charge on any atom is -0.495 e. The summed E-state index contributed by atoms with van der Waals surface area (Å²) in [5, 5.41) is 12.3. The Morgan fingerprint density at radius 2 is 1.86 bits per heavy atom. The molecule has 0 saturated carbocycles. The molecule has 7 nitrogen and oxygen atoms in total. The van der Waals surface area contributed by atoms with E-state index in [9.17, 15) is 4.79 Å². The molecule has 0 spiro atoms. The zero-order valence-corrected chi connectivity index (χ0v) is 17.9. The van der Waals surface area contributed by atoms with Crippen LogP contribution in [-0.4, -0.2) is 40.6 Å². The van der Waals surface area contributed by atoms with E-state index in [1.165, 1.54) is 26.0 Å². The number of aryl methyl sites for hydroxylation is 1. The van der Waals surface area contributed by atoms with Crippen LogP contribution in [0.15, 0.2) is 47.6 Å². The second-order valence-corrected chi connectivity index (χ2v) is 7.48. The number of benzene rings is 2. The van der Waals surface area contributed by atoms with Crippen LogP contribution in [0.25, 0.3) is 0 Å². The van der Waals surface area contributed by atoms with Crippen molar-refractivity contribution in [1.82, 2.24) is 14.8 Å². The number of carbonyl (C=O) groups excluding carboxylic acids is 1. The molecule has 0 aliphatic carbocycles. The molecule has 29 heavy (non-hydrogen) atoms. The summed E-state index contributed by atoms with van der Waals surface area (Å²) >= 11 is 7.42. The van der Waals surface area contributed by atoms with Crippen LogP contribution in [0.5, 0.6) is 11.5 Å². The lowest BCUT2D eigenvalue weighted by Crippen LogP contribution is -2.15. The van der Waals surface area contributed by atoms with Crippen LogP contribution < -0.4 is 14.8 Å². The molecule has 0 saturated heterocycles. The van der Waals surface area contributed by atoms with Crippen LogP contribution in [0.3, 0.4) is 0 Å². The van der Waals surface area contributed by atoms with Crippen LogP contribution in [0.1, 0.15) is 11.4 Å². The SMILES string of the molecule is COc1cc(NC(=O)CSc2nnc(C)n2Cc2ccccc2)c(OC)cc1Cl. The van der Waals surface area contributed by atoms with Crippen molar-refractivity contribution in [2.24, 2.45) is 0 Å². The zero-order chi connectivity index (χ0) is 20.8. The molecule has 0 aliphatic rings. The summed E-state index contributed by atoms with van der Waals surface area (Å²) in [5.41, 5.74) is 1.63. The monoisotopic (exact) mass is 432 g/mol. The van der Waals surface area contributed by atoms with Crippen molar-refractivity contribution in [3.8, 4) is 11.5 Å². The van der Waals surface area contributed by atoms with E-state index in [1.807, 2.05) is 41.8 Å². The number of carbonyl (C=O) groups is 1. The first-order valence-electron chi connectivity index (χ1n) is 8.79. The van der Waals surface area contributed by atoms with Crippen molar-refractivity contribution < 1.29 is 14.3 Å². The first-order chi connectivity index (χ1) is 14.0. The second-order valence-electron chi connectivity index (χ2n) is 6.13. The molecule has 0 fully saturated rings. The van der Waals surface area contributed by atoms with Gasteiger partial charge in [-0.3, -0.25) is 4.79 Å². The van der Waals surface area contributed by atoms with E-state index in [-0.39, 0.29) is 11.7 Å². The quantitative estimate of drug-likeness (QED) is 0.541. The molecule has 1 N–H and O–H groups in total. The zero-order valence-electron chi connectivity index (χ0n) is 16.3. The largest absolute Gasteiger partial charge is 0.495 e. The molecule has 0 radical (unpaired) electrons. The Labute approximate surface area is 178 Å². The van der Waals surface area contributed by atoms with Gasteiger partial charge in [0.2, 0.25) is 5.91 Å². The fourth-order valence-electron chi connectivity index (χ4n) is 2.69. The average Bonchev–Trinajstić information content (AvgIpc) is 3.07. The Kier molecular flexibility index (Phi) is 7.00. The number of rotatable bonds is 8.